The van der Waals surface area contributed by atoms with E-state index in [-0.39, 0.29) is 17.7 Å². The summed E-state index contributed by atoms with van der Waals surface area (Å²) in [5, 5.41) is 12.3. The predicted octanol–water partition coefficient (Wildman–Crippen LogP) is 2.26. The van der Waals surface area contributed by atoms with Crippen LogP contribution < -0.4 is 5.32 Å². The third-order valence-corrected chi connectivity index (χ3v) is 4.83. The first-order valence-electron chi connectivity index (χ1n) is 7.89. The summed E-state index contributed by atoms with van der Waals surface area (Å²) >= 11 is 0. The molecule has 0 aromatic heterocycles. The zero-order chi connectivity index (χ0) is 15.5. The minimum absolute atomic E-state index is 0.0302. The van der Waals surface area contributed by atoms with Crippen molar-refractivity contribution in [3.8, 4) is 0 Å². The third kappa shape index (κ3) is 2.91. The molecule has 22 heavy (non-hydrogen) atoms. The molecular weight excluding hydrogens is 278 g/mol. The van der Waals surface area contributed by atoms with Crippen molar-refractivity contribution in [1.29, 1.82) is 0 Å². The second kappa shape index (κ2) is 6.34. The third-order valence-electron chi connectivity index (χ3n) is 4.83. The molecule has 0 aliphatic heterocycles. The molecule has 0 heterocycles. The van der Waals surface area contributed by atoms with Gasteiger partial charge >= 0.3 is 5.97 Å². The van der Waals surface area contributed by atoms with Crippen molar-refractivity contribution in [3.63, 3.8) is 0 Å². The molecule has 4 heteroatoms. The molecule has 0 saturated heterocycles. The quantitative estimate of drug-likeness (QED) is 0.625. The number of carboxylic acid groups (broad SMARTS) is 1. The fourth-order valence-corrected chi connectivity index (χ4v) is 3.78. The van der Waals surface area contributed by atoms with Gasteiger partial charge in [0.1, 0.15) is 0 Å². The number of carboxylic acids is 1. The molecule has 1 aromatic carbocycles. The first-order valence-corrected chi connectivity index (χ1v) is 7.89. The van der Waals surface area contributed by atoms with E-state index < -0.39 is 17.8 Å². The average Bonchev–Trinajstić information content (AvgIpc) is 3.13. The fourth-order valence-electron chi connectivity index (χ4n) is 3.78. The zero-order valence-electron chi connectivity index (χ0n) is 12.4. The van der Waals surface area contributed by atoms with Gasteiger partial charge in [0.15, 0.2) is 0 Å². The number of allylic oxidation sites excluding steroid dienone is 2. The fraction of sp³-hybridized carbons (Fsp3) is 0.444. The minimum atomic E-state index is -0.846. The van der Waals surface area contributed by atoms with Gasteiger partial charge in [-0.25, -0.2) is 0 Å². The normalized spacial score (nSPS) is 28.7. The van der Waals surface area contributed by atoms with Crippen LogP contribution in [0.4, 0.5) is 0 Å². The van der Waals surface area contributed by atoms with E-state index in [9.17, 15) is 14.7 Å². The Kier molecular flexibility index (Phi) is 4.27. The largest absolute Gasteiger partial charge is 0.481 e. The molecule has 4 nitrogen and oxygen atoms in total. The van der Waals surface area contributed by atoms with E-state index in [4.69, 9.17) is 0 Å². The lowest BCUT2D eigenvalue weighted by molar-refractivity contribution is -0.147. The highest BCUT2D eigenvalue weighted by Crippen LogP contribution is 2.48. The number of carbonyl (C=O) groups excluding carboxylic acids is 1. The highest BCUT2D eigenvalue weighted by Gasteiger charge is 2.51. The number of hydrogen-bond donors (Lipinski definition) is 2. The zero-order valence-corrected chi connectivity index (χ0v) is 12.4. The van der Waals surface area contributed by atoms with Crippen LogP contribution in [-0.2, 0) is 16.0 Å². The molecule has 2 aliphatic rings. The Morgan fingerprint density at radius 3 is 2.45 bits per heavy atom. The summed E-state index contributed by atoms with van der Waals surface area (Å²) in [4.78, 5) is 23.8. The number of aryl methyl sites for hydroxylation is 1. The highest BCUT2D eigenvalue weighted by atomic mass is 16.4. The van der Waals surface area contributed by atoms with Gasteiger partial charge < -0.3 is 10.4 Å². The second-order valence-electron chi connectivity index (χ2n) is 6.22. The molecule has 2 aliphatic carbocycles. The summed E-state index contributed by atoms with van der Waals surface area (Å²) in [6, 6.07) is 10.1. The van der Waals surface area contributed by atoms with Gasteiger partial charge in [-0.3, -0.25) is 9.59 Å². The number of carbonyl (C=O) groups is 2. The minimum Gasteiger partial charge on any atom is -0.481 e. The number of nitrogens with one attached hydrogen (secondary N) is 1. The van der Waals surface area contributed by atoms with Gasteiger partial charge in [-0.1, -0.05) is 42.5 Å². The van der Waals surface area contributed by atoms with Crippen LogP contribution in [0.15, 0.2) is 42.5 Å². The van der Waals surface area contributed by atoms with Crippen LogP contribution in [0.1, 0.15) is 18.4 Å². The van der Waals surface area contributed by atoms with Gasteiger partial charge in [-0.2, -0.15) is 0 Å². The second-order valence-corrected chi connectivity index (χ2v) is 6.22. The Morgan fingerprint density at radius 1 is 1.09 bits per heavy atom. The van der Waals surface area contributed by atoms with Gasteiger partial charge in [0.25, 0.3) is 0 Å². The molecule has 1 saturated carbocycles. The maximum atomic E-state index is 12.4. The molecule has 1 fully saturated rings. The van der Waals surface area contributed by atoms with E-state index in [1.165, 1.54) is 5.56 Å². The SMILES string of the molecule is O=C(O)[C@@H]1[C@H](C(=O)NCCCc2ccccc2)[C@H]2C=C[C@H]1C2. The lowest BCUT2D eigenvalue weighted by Crippen LogP contribution is -2.40. The Morgan fingerprint density at radius 2 is 1.77 bits per heavy atom. The number of fused-ring (bicyclic) bond motifs is 2. The molecule has 0 radical (unpaired) electrons. The number of aliphatic carboxylic acids is 1. The molecule has 0 spiro atoms. The van der Waals surface area contributed by atoms with Crippen LogP contribution in [0.2, 0.25) is 0 Å². The van der Waals surface area contributed by atoms with Crippen molar-refractivity contribution in [3.05, 3.63) is 48.0 Å². The Bertz CT molecular complexity index is 581. The van der Waals surface area contributed by atoms with E-state index in [0.29, 0.717) is 6.54 Å². The lowest BCUT2D eigenvalue weighted by atomic mass is 9.82. The maximum absolute atomic E-state index is 12.4. The average molecular weight is 299 g/mol. The van der Waals surface area contributed by atoms with E-state index in [1.807, 2.05) is 30.4 Å². The lowest BCUT2D eigenvalue weighted by Gasteiger charge is -2.23. The van der Waals surface area contributed by atoms with Crippen LogP contribution in [0.25, 0.3) is 0 Å². The summed E-state index contributed by atoms with van der Waals surface area (Å²) in [7, 11) is 0. The smallest absolute Gasteiger partial charge is 0.307 e. The van der Waals surface area contributed by atoms with Crippen molar-refractivity contribution in [1.82, 2.24) is 5.32 Å². The summed E-state index contributed by atoms with van der Waals surface area (Å²) in [5.41, 5.74) is 1.25. The summed E-state index contributed by atoms with van der Waals surface area (Å²) in [5.74, 6) is -1.77. The van der Waals surface area contributed by atoms with Gasteiger partial charge in [-0.15, -0.1) is 0 Å². The summed E-state index contributed by atoms with van der Waals surface area (Å²) in [6.45, 7) is 0.595. The monoisotopic (exact) mass is 299 g/mol. The predicted molar refractivity (Wildman–Crippen MR) is 83.1 cm³/mol. The van der Waals surface area contributed by atoms with Crippen molar-refractivity contribution in [2.75, 3.05) is 6.54 Å². The molecular formula is C18H21NO3. The van der Waals surface area contributed by atoms with E-state index in [2.05, 4.69) is 17.4 Å². The highest BCUT2D eigenvalue weighted by molar-refractivity contribution is 5.86. The Balaban J connectivity index is 1.50. The van der Waals surface area contributed by atoms with Crippen molar-refractivity contribution >= 4 is 11.9 Å². The molecule has 2 N–H and O–H groups in total. The van der Waals surface area contributed by atoms with E-state index in [1.54, 1.807) is 0 Å². The molecule has 4 atom stereocenters. The number of benzene rings is 1. The Labute approximate surface area is 130 Å². The molecule has 3 rings (SSSR count). The standard InChI is InChI=1S/C18H21NO3/c20-17(19-10-4-7-12-5-2-1-3-6-12)15-13-8-9-14(11-13)16(15)18(21)22/h1-3,5-6,8-9,13-16H,4,7,10-11H2,(H,19,20)(H,21,22)/t13-,14-,15+,16-/m0/s1. The molecule has 116 valence electrons. The van der Waals surface area contributed by atoms with E-state index >= 15 is 0 Å². The van der Waals surface area contributed by atoms with Gasteiger partial charge in [0, 0.05) is 6.54 Å². The molecule has 0 unspecified atom stereocenters. The van der Waals surface area contributed by atoms with Crippen LogP contribution in [-0.4, -0.2) is 23.5 Å². The Hall–Kier alpha value is -2.10. The van der Waals surface area contributed by atoms with Gasteiger partial charge in [-0.05, 0) is 36.7 Å². The summed E-state index contributed by atoms with van der Waals surface area (Å²) < 4.78 is 0. The van der Waals surface area contributed by atoms with Crippen molar-refractivity contribution < 1.29 is 14.7 Å². The van der Waals surface area contributed by atoms with Crippen LogP contribution in [0.5, 0.6) is 0 Å². The summed E-state index contributed by atoms with van der Waals surface area (Å²) in [6.07, 6.45) is 6.56. The van der Waals surface area contributed by atoms with E-state index in [0.717, 1.165) is 19.3 Å². The molecule has 2 bridgehead atoms. The first kappa shape index (κ1) is 14.8. The molecule has 1 aromatic rings. The van der Waals surface area contributed by atoms with Crippen LogP contribution >= 0.6 is 0 Å². The topological polar surface area (TPSA) is 66.4 Å². The number of rotatable bonds is 6. The van der Waals surface area contributed by atoms with Crippen LogP contribution in [0.3, 0.4) is 0 Å². The van der Waals surface area contributed by atoms with Crippen molar-refractivity contribution in [2.45, 2.75) is 19.3 Å². The molecule has 1 amide bonds. The number of amides is 1. The van der Waals surface area contributed by atoms with Gasteiger partial charge in [0.2, 0.25) is 5.91 Å². The van der Waals surface area contributed by atoms with Crippen molar-refractivity contribution in [2.24, 2.45) is 23.7 Å². The van der Waals surface area contributed by atoms with Gasteiger partial charge in [0.05, 0.1) is 11.8 Å². The number of hydrogen-bond acceptors (Lipinski definition) is 2. The maximum Gasteiger partial charge on any atom is 0.307 e. The first-order chi connectivity index (χ1) is 10.7. The van der Waals surface area contributed by atoms with Crippen LogP contribution in [0, 0.1) is 23.7 Å².